The Kier molecular flexibility index (Phi) is 2.84. The Bertz CT molecular complexity index is 129. The van der Waals surface area contributed by atoms with Gasteiger partial charge in [-0.2, -0.15) is 0 Å². The Balaban J connectivity index is 4.17. The van der Waals surface area contributed by atoms with E-state index in [-0.39, 0.29) is 0 Å². The highest BCUT2D eigenvalue weighted by Gasteiger charge is 2.31. The van der Waals surface area contributed by atoms with Crippen LogP contribution >= 0.6 is 0 Å². The molecule has 2 N–H and O–H groups in total. The average Bonchev–Trinajstić information content (AvgIpc) is 1.86. The van der Waals surface area contributed by atoms with Gasteiger partial charge in [0.25, 0.3) is 0 Å². The number of hydrogen-bond acceptors (Lipinski definition) is 2. The summed E-state index contributed by atoms with van der Waals surface area (Å²) in [7, 11) is 0. The van der Waals surface area contributed by atoms with Gasteiger partial charge >= 0.3 is 5.97 Å². The van der Waals surface area contributed by atoms with Crippen LogP contribution in [0.25, 0.3) is 0 Å². The number of aliphatic hydroxyl groups excluding tert-OH is 1. The molecule has 3 heteroatoms. The van der Waals surface area contributed by atoms with E-state index in [4.69, 9.17) is 10.2 Å². The molecule has 0 fully saturated rings. The second-order valence-electron chi connectivity index (χ2n) is 3.08. The van der Waals surface area contributed by atoms with Gasteiger partial charge in [-0.1, -0.05) is 20.8 Å². The highest BCUT2D eigenvalue weighted by molar-refractivity contribution is 5.72. The Morgan fingerprint density at radius 3 is 2.10 bits per heavy atom. The van der Waals surface area contributed by atoms with Gasteiger partial charge in [0.05, 0.1) is 0 Å². The van der Waals surface area contributed by atoms with Gasteiger partial charge < -0.3 is 10.2 Å². The summed E-state index contributed by atoms with van der Waals surface area (Å²) >= 11 is 0. The molecular weight excluding hydrogens is 132 g/mol. The predicted octanol–water partition coefficient (Wildman–Crippen LogP) is 0.868. The molecular formula is C7H14O3. The quantitative estimate of drug-likeness (QED) is 0.621. The zero-order valence-corrected chi connectivity index (χ0v) is 6.59. The van der Waals surface area contributed by atoms with Crippen LogP contribution in [0.15, 0.2) is 0 Å². The molecule has 10 heavy (non-hydrogen) atoms. The van der Waals surface area contributed by atoms with Crippen LogP contribution in [0.2, 0.25) is 0 Å². The molecule has 0 saturated heterocycles. The molecule has 1 atom stereocenters. The SMILES string of the molecule is CCC(C)(C)[C@@H](O)C(=O)O. The summed E-state index contributed by atoms with van der Waals surface area (Å²) in [6.45, 7) is 5.31. The number of carboxylic acid groups (broad SMARTS) is 1. The van der Waals surface area contributed by atoms with Crippen molar-refractivity contribution in [3.8, 4) is 0 Å². The smallest absolute Gasteiger partial charge is 0.333 e. The number of aliphatic carboxylic acids is 1. The highest BCUT2D eigenvalue weighted by Crippen LogP contribution is 2.24. The lowest BCUT2D eigenvalue weighted by Gasteiger charge is -2.25. The first kappa shape index (κ1) is 9.43. The van der Waals surface area contributed by atoms with Crippen LogP contribution in [0.5, 0.6) is 0 Å². The molecule has 0 aromatic carbocycles. The molecule has 0 unspecified atom stereocenters. The van der Waals surface area contributed by atoms with Crippen LogP contribution in [-0.2, 0) is 4.79 Å². The van der Waals surface area contributed by atoms with Crippen LogP contribution in [0.4, 0.5) is 0 Å². The van der Waals surface area contributed by atoms with Crippen LogP contribution in [-0.4, -0.2) is 22.3 Å². The predicted molar refractivity (Wildman–Crippen MR) is 37.7 cm³/mol. The van der Waals surface area contributed by atoms with Crippen molar-refractivity contribution in [2.75, 3.05) is 0 Å². The van der Waals surface area contributed by atoms with Gasteiger partial charge in [0.1, 0.15) is 0 Å². The third-order valence-corrected chi connectivity index (χ3v) is 1.89. The molecule has 0 aromatic rings. The number of hydrogen-bond donors (Lipinski definition) is 2. The molecule has 0 radical (unpaired) electrons. The summed E-state index contributed by atoms with van der Waals surface area (Å²) in [5.74, 6) is -1.15. The molecule has 0 saturated carbocycles. The summed E-state index contributed by atoms with van der Waals surface area (Å²) in [5, 5.41) is 17.5. The summed E-state index contributed by atoms with van der Waals surface area (Å²) in [5.41, 5.74) is -0.522. The second kappa shape index (κ2) is 3.01. The number of carbonyl (C=O) groups is 1. The molecule has 0 rings (SSSR count). The van der Waals surface area contributed by atoms with Crippen LogP contribution in [0.1, 0.15) is 27.2 Å². The molecule has 0 heterocycles. The van der Waals surface area contributed by atoms with Gasteiger partial charge in [0.2, 0.25) is 0 Å². The van der Waals surface area contributed by atoms with Gasteiger partial charge in [-0.3, -0.25) is 0 Å². The van der Waals surface area contributed by atoms with Crippen molar-refractivity contribution in [1.29, 1.82) is 0 Å². The van der Waals surface area contributed by atoms with Gasteiger partial charge in [-0.15, -0.1) is 0 Å². The fraction of sp³-hybridized carbons (Fsp3) is 0.857. The van der Waals surface area contributed by atoms with Crippen molar-refractivity contribution in [3.63, 3.8) is 0 Å². The first-order valence-electron chi connectivity index (χ1n) is 3.32. The molecule has 0 aromatic heterocycles. The van der Waals surface area contributed by atoms with E-state index in [0.29, 0.717) is 6.42 Å². The Morgan fingerprint density at radius 2 is 2.00 bits per heavy atom. The van der Waals surface area contributed by atoms with E-state index < -0.39 is 17.5 Å². The Labute approximate surface area is 60.7 Å². The molecule has 0 aliphatic carbocycles. The highest BCUT2D eigenvalue weighted by atomic mass is 16.4. The van der Waals surface area contributed by atoms with Gasteiger partial charge in [0, 0.05) is 5.41 Å². The van der Waals surface area contributed by atoms with Crippen molar-refractivity contribution < 1.29 is 15.0 Å². The van der Waals surface area contributed by atoms with Crippen LogP contribution in [0.3, 0.4) is 0 Å². The van der Waals surface area contributed by atoms with E-state index in [1.807, 2.05) is 6.92 Å². The number of carboxylic acids is 1. The van der Waals surface area contributed by atoms with E-state index in [1.54, 1.807) is 13.8 Å². The monoisotopic (exact) mass is 146 g/mol. The van der Waals surface area contributed by atoms with E-state index in [1.165, 1.54) is 0 Å². The fourth-order valence-corrected chi connectivity index (χ4v) is 0.528. The Morgan fingerprint density at radius 1 is 1.60 bits per heavy atom. The maximum Gasteiger partial charge on any atom is 0.333 e. The lowest BCUT2D eigenvalue weighted by Crippen LogP contribution is -2.35. The average molecular weight is 146 g/mol. The van der Waals surface area contributed by atoms with E-state index in [2.05, 4.69) is 0 Å². The third-order valence-electron chi connectivity index (χ3n) is 1.89. The van der Waals surface area contributed by atoms with E-state index >= 15 is 0 Å². The van der Waals surface area contributed by atoms with Gasteiger partial charge in [-0.05, 0) is 6.42 Å². The van der Waals surface area contributed by atoms with Crippen LogP contribution < -0.4 is 0 Å². The maximum atomic E-state index is 10.3. The van der Waals surface area contributed by atoms with Crippen molar-refractivity contribution in [1.82, 2.24) is 0 Å². The molecule has 0 bridgehead atoms. The largest absolute Gasteiger partial charge is 0.479 e. The summed E-state index contributed by atoms with van der Waals surface area (Å²) < 4.78 is 0. The first-order valence-corrected chi connectivity index (χ1v) is 3.32. The lowest BCUT2D eigenvalue weighted by molar-refractivity contribution is -0.153. The summed E-state index contributed by atoms with van der Waals surface area (Å²) in [6, 6.07) is 0. The molecule has 0 spiro atoms. The zero-order valence-electron chi connectivity index (χ0n) is 6.59. The molecule has 3 nitrogen and oxygen atoms in total. The number of aliphatic hydroxyl groups is 1. The van der Waals surface area contributed by atoms with Gasteiger partial charge in [0.15, 0.2) is 6.10 Å². The minimum atomic E-state index is -1.25. The number of rotatable bonds is 3. The molecule has 0 aliphatic rings. The zero-order chi connectivity index (χ0) is 8.36. The van der Waals surface area contributed by atoms with E-state index in [9.17, 15) is 4.79 Å². The minimum absolute atomic E-state index is 0.522. The molecule has 0 amide bonds. The second-order valence-corrected chi connectivity index (χ2v) is 3.08. The normalized spacial score (nSPS) is 14.8. The molecule has 0 aliphatic heterocycles. The first-order chi connectivity index (χ1) is 4.41. The maximum absolute atomic E-state index is 10.3. The van der Waals surface area contributed by atoms with Crippen molar-refractivity contribution in [2.24, 2.45) is 5.41 Å². The van der Waals surface area contributed by atoms with Crippen molar-refractivity contribution in [2.45, 2.75) is 33.3 Å². The fourth-order valence-electron chi connectivity index (χ4n) is 0.528. The third kappa shape index (κ3) is 1.99. The van der Waals surface area contributed by atoms with Crippen LogP contribution in [0, 0.1) is 5.41 Å². The van der Waals surface area contributed by atoms with Crippen molar-refractivity contribution >= 4 is 5.97 Å². The van der Waals surface area contributed by atoms with Crippen molar-refractivity contribution in [3.05, 3.63) is 0 Å². The van der Waals surface area contributed by atoms with E-state index in [0.717, 1.165) is 0 Å². The summed E-state index contributed by atoms with van der Waals surface area (Å²) in [6.07, 6.45) is -0.599. The molecule has 60 valence electrons. The minimum Gasteiger partial charge on any atom is -0.479 e. The lowest BCUT2D eigenvalue weighted by atomic mass is 9.84. The van der Waals surface area contributed by atoms with Gasteiger partial charge in [-0.25, -0.2) is 4.79 Å². The Hall–Kier alpha value is -0.570. The summed E-state index contributed by atoms with van der Waals surface area (Å²) in [4.78, 5) is 10.3. The standard InChI is InChI=1S/C7H14O3/c1-4-7(2,3)5(8)6(9)10/h5,8H,4H2,1-3H3,(H,9,10)/t5-/m0/s1. The topological polar surface area (TPSA) is 57.5 Å².